The first-order chi connectivity index (χ1) is 10.8. The summed E-state index contributed by atoms with van der Waals surface area (Å²) in [7, 11) is 0. The summed E-state index contributed by atoms with van der Waals surface area (Å²) in [5.41, 5.74) is 1.07. The average molecular weight is 315 g/mol. The van der Waals surface area contributed by atoms with Crippen molar-refractivity contribution in [2.24, 2.45) is 0 Å². The summed E-state index contributed by atoms with van der Waals surface area (Å²) < 4.78 is 41.3. The standard InChI is InChI=1S/C18H12F3NO/c1-9-10(2)22-16-14(9)7-11(18(19,20)21)8-15(16)12-5-3-4-6-13(12)17(22)23/h3-8H,1-2H3. The maximum Gasteiger partial charge on any atom is 0.416 e. The van der Waals surface area contributed by atoms with Crippen LogP contribution in [0.2, 0.25) is 0 Å². The summed E-state index contributed by atoms with van der Waals surface area (Å²) in [6, 6.07) is 9.08. The Morgan fingerprint density at radius 3 is 2.17 bits per heavy atom. The van der Waals surface area contributed by atoms with Gasteiger partial charge in [-0.1, -0.05) is 18.2 Å². The van der Waals surface area contributed by atoms with Crippen molar-refractivity contribution in [3.8, 4) is 0 Å². The van der Waals surface area contributed by atoms with Crippen molar-refractivity contribution in [2.75, 3.05) is 0 Å². The van der Waals surface area contributed by atoms with E-state index in [-0.39, 0.29) is 5.56 Å². The summed E-state index contributed by atoms with van der Waals surface area (Å²) in [6.07, 6.45) is -4.43. The Labute approximate surface area is 129 Å². The van der Waals surface area contributed by atoms with Crippen molar-refractivity contribution < 1.29 is 13.2 Å². The SMILES string of the molecule is Cc1c(C)n2c(=O)c3ccccc3c3cc(C(F)(F)F)cc1c32. The topological polar surface area (TPSA) is 21.5 Å². The van der Waals surface area contributed by atoms with Crippen LogP contribution in [0.4, 0.5) is 13.2 Å². The molecular formula is C18H12F3NO. The fourth-order valence-electron chi connectivity index (χ4n) is 3.34. The van der Waals surface area contributed by atoms with E-state index in [0.29, 0.717) is 38.3 Å². The molecule has 0 spiro atoms. The molecule has 0 saturated heterocycles. The van der Waals surface area contributed by atoms with E-state index in [1.165, 1.54) is 4.40 Å². The fourth-order valence-corrected chi connectivity index (χ4v) is 3.34. The van der Waals surface area contributed by atoms with Crippen LogP contribution in [0.25, 0.3) is 27.1 Å². The van der Waals surface area contributed by atoms with Gasteiger partial charge in [-0.3, -0.25) is 9.20 Å². The molecule has 5 heteroatoms. The molecular weight excluding hydrogens is 303 g/mol. The van der Waals surface area contributed by atoms with Gasteiger partial charge in [0.15, 0.2) is 0 Å². The molecule has 0 saturated carbocycles. The molecule has 0 N–H and O–H groups in total. The van der Waals surface area contributed by atoms with Crippen molar-refractivity contribution in [2.45, 2.75) is 20.0 Å². The lowest BCUT2D eigenvalue weighted by Crippen LogP contribution is -2.14. The molecule has 0 amide bonds. The van der Waals surface area contributed by atoms with Crippen LogP contribution in [0.3, 0.4) is 0 Å². The predicted octanol–water partition coefficient (Wildman–Crippen LogP) is 4.68. The lowest BCUT2D eigenvalue weighted by molar-refractivity contribution is -0.137. The van der Waals surface area contributed by atoms with E-state index >= 15 is 0 Å². The minimum Gasteiger partial charge on any atom is -0.280 e. The Morgan fingerprint density at radius 2 is 1.52 bits per heavy atom. The second-order valence-electron chi connectivity index (χ2n) is 5.81. The Bertz CT molecular complexity index is 1140. The molecule has 0 radical (unpaired) electrons. The number of benzene rings is 2. The molecule has 116 valence electrons. The second kappa shape index (κ2) is 4.25. The van der Waals surface area contributed by atoms with Crippen LogP contribution in [0.15, 0.2) is 41.2 Å². The zero-order chi connectivity index (χ0) is 16.5. The number of nitrogens with zero attached hydrogens (tertiary/aromatic N) is 1. The van der Waals surface area contributed by atoms with Crippen LogP contribution in [0.1, 0.15) is 16.8 Å². The van der Waals surface area contributed by atoms with Gasteiger partial charge in [-0.2, -0.15) is 13.2 Å². The maximum atomic E-state index is 13.3. The Balaban J connectivity index is 2.41. The first kappa shape index (κ1) is 14.1. The number of rotatable bonds is 0. The number of aryl methyl sites for hydroxylation is 2. The summed E-state index contributed by atoms with van der Waals surface area (Å²) in [5.74, 6) is 0. The number of pyridine rings is 1. The third-order valence-electron chi connectivity index (χ3n) is 4.59. The van der Waals surface area contributed by atoms with Crippen molar-refractivity contribution in [3.05, 3.63) is 63.6 Å². The number of alkyl halides is 3. The number of hydrogen-bond acceptors (Lipinski definition) is 1. The zero-order valence-corrected chi connectivity index (χ0v) is 12.5. The Kier molecular flexibility index (Phi) is 2.60. The third-order valence-corrected chi connectivity index (χ3v) is 4.59. The Hall–Kier alpha value is -2.56. The molecule has 4 aromatic rings. The molecule has 2 heterocycles. The average Bonchev–Trinajstić information content (AvgIpc) is 2.77. The number of halogens is 3. The maximum absolute atomic E-state index is 13.3. The number of fused-ring (bicyclic) bond motifs is 2. The van der Waals surface area contributed by atoms with Gasteiger partial charge in [-0.05, 0) is 43.0 Å². The van der Waals surface area contributed by atoms with E-state index in [9.17, 15) is 18.0 Å². The van der Waals surface area contributed by atoms with E-state index < -0.39 is 11.7 Å². The lowest BCUT2D eigenvalue weighted by atomic mass is 10.0. The van der Waals surface area contributed by atoms with E-state index in [1.54, 1.807) is 38.1 Å². The van der Waals surface area contributed by atoms with Crippen LogP contribution < -0.4 is 5.56 Å². The van der Waals surface area contributed by atoms with Gasteiger partial charge in [0.1, 0.15) is 0 Å². The molecule has 2 nitrogen and oxygen atoms in total. The van der Waals surface area contributed by atoms with E-state index in [0.717, 1.165) is 12.1 Å². The molecule has 0 aliphatic rings. The summed E-state index contributed by atoms with van der Waals surface area (Å²) in [5, 5.41) is 1.93. The van der Waals surface area contributed by atoms with Gasteiger partial charge >= 0.3 is 6.18 Å². The molecule has 2 aromatic heterocycles. The molecule has 0 fully saturated rings. The molecule has 4 rings (SSSR count). The molecule has 0 atom stereocenters. The number of aromatic nitrogens is 1. The van der Waals surface area contributed by atoms with Gasteiger partial charge in [0.25, 0.3) is 5.56 Å². The monoisotopic (exact) mass is 315 g/mol. The highest BCUT2D eigenvalue weighted by atomic mass is 19.4. The summed E-state index contributed by atoms with van der Waals surface area (Å²) >= 11 is 0. The molecule has 0 bridgehead atoms. The zero-order valence-electron chi connectivity index (χ0n) is 12.5. The Morgan fingerprint density at radius 1 is 0.913 bits per heavy atom. The summed E-state index contributed by atoms with van der Waals surface area (Å²) in [6.45, 7) is 3.51. The van der Waals surface area contributed by atoms with Crippen LogP contribution in [0, 0.1) is 13.8 Å². The van der Waals surface area contributed by atoms with Crippen molar-refractivity contribution in [1.29, 1.82) is 0 Å². The highest BCUT2D eigenvalue weighted by Gasteiger charge is 2.32. The van der Waals surface area contributed by atoms with E-state index in [1.807, 2.05) is 0 Å². The molecule has 0 aliphatic carbocycles. The first-order valence-corrected chi connectivity index (χ1v) is 7.17. The molecule has 0 aliphatic heterocycles. The molecule has 2 aromatic carbocycles. The van der Waals surface area contributed by atoms with E-state index in [2.05, 4.69) is 0 Å². The molecule has 0 unspecified atom stereocenters. The fraction of sp³-hybridized carbons (Fsp3) is 0.167. The van der Waals surface area contributed by atoms with Crippen LogP contribution in [-0.4, -0.2) is 4.40 Å². The van der Waals surface area contributed by atoms with Gasteiger partial charge in [0.2, 0.25) is 0 Å². The van der Waals surface area contributed by atoms with Gasteiger partial charge in [-0.15, -0.1) is 0 Å². The van der Waals surface area contributed by atoms with Gasteiger partial charge in [0, 0.05) is 21.9 Å². The van der Waals surface area contributed by atoms with Crippen molar-refractivity contribution >= 4 is 27.1 Å². The summed E-state index contributed by atoms with van der Waals surface area (Å²) in [4.78, 5) is 12.8. The first-order valence-electron chi connectivity index (χ1n) is 7.17. The highest BCUT2D eigenvalue weighted by Crippen LogP contribution is 2.38. The van der Waals surface area contributed by atoms with E-state index in [4.69, 9.17) is 0 Å². The molecule has 23 heavy (non-hydrogen) atoms. The van der Waals surface area contributed by atoms with Gasteiger partial charge in [-0.25, -0.2) is 0 Å². The van der Waals surface area contributed by atoms with Gasteiger partial charge < -0.3 is 0 Å². The van der Waals surface area contributed by atoms with Crippen LogP contribution in [0.5, 0.6) is 0 Å². The minimum atomic E-state index is -4.43. The van der Waals surface area contributed by atoms with Crippen molar-refractivity contribution in [1.82, 2.24) is 4.40 Å². The quantitative estimate of drug-likeness (QED) is 0.432. The lowest BCUT2D eigenvalue weighted by Gasteiger charge is -2.11. The second-order valence-corrected chi connectivity index (χ2v) is 5.81. The smallest absolute Gasteiger partial charge is 0.280 e. The minimum absolute atomic E-state index is 0.191. The third kappa shape index (κ3) is 1.73. The van der Waals surface area contributed by atoms with Crippen molar-refractivity contribution in [3.63, 3.8) is 0 Å². The van der Waals surface area contributed by atoms with Gasteiger partial charge in [0.05, 0.1) is 11.1 Å². The normalized spacial score (nSPS) is 12.7. The largest absolute Gasteiger partial charge is 0.416 e. The predicted molar refractivity (Wildman–Crippen MR) is 84.3 cm³/mol. The number of hydrogen-bond donors (Lipinski definition) is 0. The highest BCUT2D eigenvalue weighted by molar-refractivity contribution is 6.13. The van der Waals surface area contributed by atoms with Crippen LogP contribution >= 0.6 is 0 Å². The van der Waals surface area contributed by atoms with Crippen LogP contribution in [-0.2, 0) is 6.18 Å².